The van der Waals surface area contributed by atoms with Gasteiger partial charge in [-0.15, -0.1) is 0 Å². The largest absolute Gasteiger partial charge is 0.396 e. The van der Waals surface area contributed by atoms with Gasteiger partial charge in [-0.25, -0.2) is 0 Å². The first-order valence-electron chi connectivity index (χ1n) is 7.93. The zero-order valence-electron chi connectivity index (χ0n) is 11.9. The fourth-order valence-electron chi connectivity index (χ4n) is 3.54. The Balaban J connectivity index is 1.82. The SMILES string of the molecule is CCNC1CCCC1CN(CCCO)C1CCC1. The van der Waals surface area contributed by atoms with Crippen molar-refractivity contribution in [2.75, 3.05) is 26.2 Å². The van der Waals surface area contributed by atoms with Gasteiger partial charge in [-0.3, -0.25) is 4.90 Å². The summed E-state index contributed by atoms with van der Waals surface area (Å²) in [5.74, 6) is 0.837. The van der Waals surface area contributed by atoms with Crippen molar-refractivity contribution in [1.29, 1.82) is 0 Å². The zero-order valence-corrected chi connectivity index (χ0v) is 11.9. The molecule has 18 heavy (non-hydrogen) atoms. The standard InChI is InChI=1S/C15H30N2O/c1-2-16-15-9-3-6-13(15)12-17(10-5-11-18)14-7-4-8-14/h13-16,18H,2-12H2,1H3. The molecule has 2 aliphatic carbocycles. The number of rotatable bonds is 8. The van der Waals surface area contributed by atoms with Gasteiger partial charge in [0.15, 0.2) is 0 Å². The Morgan fingerprint density at radius 3 is 2.56 bits per heavy atom. The van der Waals surface area contributed by atoms with Crippen LogP contribution >= 0.6 is 0 Å². The van der Waals surface area contributed by atoms with E-state index in [4.69, 9.17) is 5.11 Å². The number of aliphatic hydroxyl groups excluding tert-OH is 1. The highest BCUT2D eigenvalue weighted by atomic mass is 16.3. The van der Waals surface area contributed by atoms with Gasteiger partial charge in [0.1, 0.15) is 0 Å². The first-order chi connectivity index (χ1) is 8.85. The maximum atomic E-state index is 9.05. The molecular formula is C15H30N2O. The predicted molar refractivity (Wildman–Crippen MR) is 75.7 cm³/mol. The van der Waals surface area contributed by atoms with Crippen LogP contribution in [0.5, 0.6) is 0 Å². The van der Waals surface area contributed by atoms with Crippen LogP contribution in [0.1, 0.15) is 51.9 Å². The lowest BCUT2D eigenvalue weighted by Crippen LogP contribution is -2.46. The van der Waals surface area contributed by atoms with Crippen LogP contribution in [0.4, 0.5) is 0 Å². The molecule has 0 heterocycles. The van der Waals surface area contributed by atoms with Gasteiger partial charge in [-0.05, 0) is 44.6 Å². The Hall–Kier alpha value is -0.120. The van der Waals surface area contributed by atoms with Crippen LogP contribution in [0.25, 0.3) is 0 Å². The summed E-state index contributed by atoms with van der Waals surface area (Å²) in [5, 5.41) is 12.7. The minimum Gasteiger partial charge on any atom is -0.396 e. The van der Waals surface area contributed by atoms with Crippen LogP contribution in [0.15, 0.2) is 0 Å². The molecule has 0 aromatic rings. The molecule has 0 bridgehead atoms. The van der Waals surface area contributed by atoms with E-state index in [9.17, 15) is 0 Å². The summed E-state index contributed by atoms with van der Waals surface area (Å²) in [7, 11) is 0. The number of hydrogen-bond donors (Lipinski definition) is 2. The molecule has 2 saturated carbocycles. The van der Waals surface area contributed by atoms with Crippen LogP contribution in [0, 0.1) is 5.92 Å². The fourth-order valence-corrected chi connectivity index (χ4v) is 3.54. The quantitative estimate of drug-likeness (QED) is 0.695. The molecule has 0 aromatic carbocycles. The lowest BCUT2D eigenvalue weighted by molar-refractivity contribution is 0.0937. The van der Waals surface area contributed by atoms with Gasteiger partial charge in [0.2, 0.25) is 0 Å². The van der Waals surface area contributed by atoms with E-state index < -0.39 is 0 Å². The highest BCUT2D eigenvalue weighted by molar-refractivity contribution is 4.88. The topological polar surface area (TPSA) is 35.5 Å². The van der Waals surface area contributed by atoms with Gasteiger partial charge < -0.3 is 10.4 Å². The average Bonchev–Trinajstić information content (AvgIpc) is 2.72. The number of hydrogen-bond acceptors (Lipinski definition) is 3. The smallest absolute Gasteiger partial charge is 0.0443 e. The van der Waals surface area contributed by atoms with E-state index in [1.807, 2.05) is 0 Å². The molecule has 2 atom stereocenters. The first kappa shape index (κ1) is 14.3. The molecule has 0 saturated heterocycles. The Morgan fingerprint density at radius 2 is 1.94 bits per heavy atom. The molecule has 2 aliphatic rings. The summed E-state index contributed by atoms with van der Waals surface area (Å²) in [6.45, 7) is 6.00. The molecule has 2 rings (SSSR count). The van der Waals surface area contributed by atoms with Crippen molar-refractivity contribution >= 4 is 0 Å². The molecule has 0 aliphatic heterocycles. The normalized spacial score (nSPS) is 28.8. The molecule has 0 amide bonds. The summed E-state index contributed by atoms with van der Waals surface area (Å²) >= 11 is 0. The van der Waals surface area contributed by atoms with Gasteiger partial charge in [-0.1, -0.05) is 19.8 Å². The summed E-state index contributed by atoms with van der Waals surface area (Å²) in [4.78, 5) is 2.67. The third-order valence-corrected chi connectivity index (χ3v) is 4.79. The van der Waals surface area contributed by atoms with Gasteiger partial charge in [-0.2, -0.15) is 0 Å². The van der Waals surface area contributed by atoms with E-state index in [0.717, 1.165) is 37.5 Å². The molecule has 2 fully saturated rings. The molecule has 106 valence electrons. The monoisotopic (exact) mass is 254 g/mol. The van der Waals surface area contributed by atoms with Crippen LogP contribution in [0.3, 0.4) is 0 Å². The molecule has 0 aromatic heterocycles. The van der Waals surface area contributed by atoms with Crippen LogP contribution < -0.4 is 5.32 Å². The summed E-state index contributed by atoms with van der Waals surface area (Å²) in [6, 6.07) is 1.56. The van der Waals surface area contributed by atoms with Crippen molar-refractivity contribution < 1.29 is 5.11 Å². The van der Waals surface area contributed by atoms with Crippen molar-refractivity contribution in [3.63, 3.8) is 0 Å². The second-order valence-electron chi connectivity index (χ2n) is 6.01. The fraction of sp³-hybridized carbons (Fsp3) is 1.00. The minimum absolute atomic E-state index is 0.338. The highest BCUT2D eigenvalue weighted by Crippen LogP contribution is 2.31. The summed E-state index contributed by atoms with van der Waals surface area (Å²) in [6.07, 6.45) is 9.24. The molecule has 2 N–H and O–H groups in total. The minimum atomic E-state index is 0.338. The van der Waals surface area contributed by atoms with Crippen LogP contribution in [-0.2, 0) is 0 Å². The Kier molecular flexibility index (Phi) is 5.93. The Morgan fingerprint density at radius 1 is 1.17 bits per heavy atom. The van der Waals surface area contributed by atoms with Crippen molar-refractivity contribution in [3.05, 3.63) is 0 Å². The number of aliphatic hydroxyl groups is 1. The number of nitrogens with zero attached hydrogens (tertiary/aromatic N) is 1. The zero-order chi connectivity index (χ0) is 12.8. The van der Waals surface area contributed by atoms with Gasteiger partial charge >= 0.3 is 0 Å². The van der Waals surface area contributed by atoms with Crippen LogP contribution in [-0.4, -0.2) is 48.3 Å². The van der Waals surface area contributed by atoms with Crippen molar-refractivity contribution in [1.82, 2.24) is 10.2 Å². The molecule has 3 nitrogen and oxygen atoms in total. The van der Waals surface area contributed by atoms with Gasteiger partial charge in [0, 0.05) is 31.8 Å². The van der Waals surface area contributed by atoms with Gasteiger partial charge in [0.25, 0.3) is 0 Å². The van der Waals surface area contributed by atoms with E-state index >= 15 is 0 Å². The molecule has 0 spiro atoms. The van der Waals surface area contributed by atoms with Crippen LogP contribution in [0.2, 0.25) is 0 Å². The second-order valence-corrected chi connectivity index (χ2v) is 6.01. The van der Waals surface area contributed by atoms with E-state index in [1.54, 1.807) is 0 Å². The van der Waals surface area contributed by atoms with E-state index in [1.165, 1.54) is 45.1 Å². The molecular weight excluding hydrogens is 224 g/mol. The second kappa shape index (κ2) is 7.46. The maximum absolute atomic E-state index is 9.05. The molecule has 2 unspecified atom stereocenters. The number of nitrogens with one attached hydrogen (secondary N) is 1. The van der Waals surface area contributed by atoms with E-state index in [0.29, 0.717) is 6.61 Å². The summed E-state index contributed by atoms with van der Waals surface area (Å²) < 4.78 is 0. The lowest BCUT2D eigenvalue weighted by atomic mass is 9.90. The van der Waals surface area contributed by atoms with E-state index in [-0.39, 0.29) is 0 Å². The average molecular weight is 254 g/mol. The van der Waals surface area contributed by atoms with Crippen molar-refractivity contribution in [2.45, 2.75) is 64.0 Å². The molecule has 3 heteroatoms. The van der Waals surface area contributed by atoms with E-state index in [2.05, 4.69) is 17.1 Å². The van der Waals surface area contributed by atoms with Crippen molar-refractivity contribution in [3.8, 4) is 0 Å². The van der Waals surface area contributed by atoms with Gasteiger partial charge in [0.05, 0.1) is 0 Å². The predicted octanol–water partition coefficient (Wildman–Crippen LogP) is 2.00. The lowest BCUT2D eigenvalue weighted by Gasteiger charge is -2.40. The third kappa shape index (κ3) is 3.69. The van der Waals surface area contributed by atoms with Crippen molar-refractivity contribution in [2.24, 2.45) is 5.92 Å². The molecule has 0 radical (unpaired) electrons. The Bertz CT molecular complexity index is 231. The Labute approximate surface area is 112 Å². The highest BCUT2D eigenvalue weighted by Gasteiger charge is 2.31. The maximum Gasteiger partial charge on any atom is 0.0443 e. The summed E-state index contributed by atoms with van der Waals surface area (Å²) in [5.41, 5.74) is 0. The first-order valence-corrected chi connectivity index (χ1v) is 7.93. The third-order valence-electron chi connectivity index (χ3n) is 4.79.